The number of hydrogen-bond donors (Lipinski definition) is 0. The van der Waals surface area contributed by atoms with Gasteiger partial charge >= 0.3 is 0 Å². The van der Waals surface area contributed by atoms with E-state index in [1.165, 1.54) is 22.4 Å². The van der Waals surface area contributed by atoms with Crippen LogP contribution >= 0.6 is 7.92 Å². The van der Waals surface area contributed by atoms with Gasteiger partial charge < -0.3 is 0 Å². The molecule has 1 aromatic heterocycles. The standard InChI is InChI=1S/C21H19N2OP/c1-2-17-13-14-20(22-15-17)21(16-23-24)25(18-9-5-3-6-10-18)19-11-7-4-8-12-19/h3-16H,2H2,1H3/b21-16+. The van der Waals surface area contributed by atoms with Crippen molar-refractivity contribution in [3.63, 3.8) is 0 Å². The van der Waals surface area contributed by atoms with E-state index in [1.807, 2.05) is 48.7 Å². The Morgan fingerprint density at radius 3 is 2.00 bits per heavy atom. The molecule has 3 rings (SSSR count). The first-order valence-electron chi connectivity index (χ1n) is 8.21. The van der Waals surface area contributed by atoms with Gasteiger partial charge in [0.25, 0.3) is 0 Å². The van der Waals surface area contributed by atoms with Crippen molar-refractivity contribution in [2.45, 2.75) is 13.3 Å². The van der Waals surface area contributed by atoms with Crippen LogP contribution < -0.4 is 10.6 Å². The third-order valence-electron chi connectivity index (χ3n) is 3.94. The molecule has 0 spiro atoms. The van der Waals surface area contributed by atoms with Crippen molar-refractivity contribution in [2.24, 2.45) is 5.18 Å². The first-order valence-corrected chi connectivity index (χ1v) is 9.56. The van der Waals surface area contributed by atoms with E-state index >= 15 is 0 Å². The van der Waals surface area contributed by atoms with Crippen LogP contribution in [0.4, 0.5) is 0 Å². The summed E-state index contributed by atoms with van der Waals surface area (Å²) in [6.07, 6.45) is 4.22. The Morgan fingerprint density at radius 1 is 0.960 bits per heavy atom. The molecule has 0 aliphatic carbocycles. The van der Waals surface area contributed by atoms with E-state index in [9.17, 15) is 4.91 Å². The van der Waals surface area contributed by atoms with Gasteiger partial charge in [0.2, 0.25) is 0 Å². The van der Waals surface area contributed by atoms with Crippen LogP contribution in [0.2, 0.25) is 0 Å². The molecule has 0 aliphatic rings. The fourth-order valence-electron chi connectivity index (χ4n) is 2.65. The van der Waals surface area contributed by atoms with Crippen molar-refractivity contribution in [3.05, 3.63) is 101 Å². The Labute approximate surface area is 149 Å². The van der Waals surface area contributed by atoms with Gasteiger partial charge in [0.05, 0.1) is 11.9 Å². The molecule has 3 nitrogen and oxygen atoms in total. The van der Waals surface area contributed by atoms with E-state index in [2.05, 4.69) is 47.4 Å². The van der Waals surface area contributed by atoms with E-state index in [1.54, 1.807) is 0 Å². The van der Waals surface area contributed by atoms with E-state index in [-0.39, 0.29) is 0 Å². The van der Waals surface area contributed by atoms with Crippen LogP contribution in [0.25, 0.3) is 5.31 Å². The molecule has 0 N–H and O–H groups in total. The zero-order chi connectivity index (χ0) is 17.5. The molecule has 0 atom stereocenters. The minimum absolute atomic E-state index is 0.801. The Morgan fingerprint density at radius 2 is 1.56 bits per heavy atom. The maximum Gasteiger partial charge on any atom is 0.0819 e. The maximum atomic E-state index is 11.1. The molecule has 0 saturated carbocycles. The molecule has 0 fully saturated rings. The Hall–Kier alpha value is -2.64. The second-order valence-corrected chi connectivity index (χ2v) is 7.72. The number of nitrogens with zero attached hydrogens (tertiary/aromatic N) is 2. The van der Waals surface area contributed by atoms with Gasteiger partial charge in [-0.2, -0.15) is 0 Å². The van der Waals surface area contributed by atoms with Gasteiger partial charge in [-0.05, 0) is 41.8 Å². The Balaban J connectivity index is 2.14. The number of rotatable bonds is 6. The number of nitroso groups, excluding NO2 is 1. The zero-order valence-electron chi connectivity index (χ0n) is 14.0. The summed E-state index contributed by atoms with van der Waals surface area (Å²) < 4.78 is 0. The van der Waals surface area contributed by atoms with Crippen LogP contribution in [-0.4, -0.2) is 4.98 Å². The highest BCUT2D eigenvalue weighted by molar-refractivity contribution is 7.82. The molecule has 0 unspecified atom stereocenters. The second kappa shape index (κ2) is 8.46. The molecular weight excluding hydrogens is 327 g/mol. The van der Waals surface area contributed by atoms with Gasteiger partial charge in [-0.3, -0.25) is 4.98 Å². The van der Waals surface area contributed by atoms with E-state index < -0.39 is 7.92 Å². The summed E-state index contributed by atoms with van der Waals surface area (Å²) >= 11 is 0. The molecule has 2 aromatic carbocycles. The summed E-state index contributed by atoms with van der Waals surface area (Å²) in [5, 5.41) is 6.29. The molecule has 124 valence electrons. The third-order valence-corrected chi connectivity index (χ3v) is 6.40. The van der Waals surface area contributed by atoms with E-state index in [0.717, 1.165) is 17.4 Å². The summed E-state index contributed by atoms with van der Waals surface area (Å²) in [5.41, 5.74) is 1.97. The summed E-state index contributed by atoms with van der Waals surface area (Å²) in [5.74, 6) is 0. The summed E-state index contributed by atoms with van der Waals surface area (Å²) in [7, 11) is -0.906. The first kappa shape index (κ1) is 17.2. The second-order valence-electron chi connectivity index (χ2n) is 5.53. The highest BCUT2D eigenvalue weighted by Gasteiger charge is 2.21. The van der Waals surface area contributed by atoms with E-state index in [0.29, 0.717) is 0 Å². The highest BCUT2D eigenvalue weighted by atomic mass is 31.1. The van der Waals surface area contributed by atoms with E-state index in [4.69, 9.17) is 0 Å². The molecule has 0 aliphatic heterocycles. The number of aromatic nitrogens is 1. The number of hydrogen-bond acceptors (Lipinski definition) is 3. The van der Waals surface area contributed by atoms with Crippen LogP contribution in [-0.2, 0) is 6.42 Å². The Bertz CT molecular complexity index is 807. The smallest absolute Gasteiger partial charge is 0.0819 e. The minimum atomic E-state index is -0.906. The predicted octanol–water partition coefficient (Wildman–Crippen LogP) is 4.84. The molecule has 0 bridgehead atoms. The van der Waals surface area contributed by atoms with Crippen molar-refractivity contribution in [3.8, 4) is 0 Å². The lowest BCUT2D eigenvalue weighted by Crippen LogP contribution is -2.13. The largest absolute Gasteiger partial charge is 0.256 e. The van der Waals surface area contributed by atoms with Gasteiger partial charge in [0, 0.05) is 11.5 Å². The summed E-state index contributed by atoms with van der Waals surface area (Å²) in [6.45, 7) is 2.10. The molecule has 0 amide bonds. The fourth-order valence-corrected chi connectivity index (χ4v) is 4.97. The van der Waals surface area contributed by atoms with Crippen LogP contribution in [0, 0.1) is 4.91 Å². The quantitative estimate of drug-likeness (QED) is 0.473. The van der Waals surface area contributed by atoms with Gasteiger partial charge in [-0.1, -0.05) is 73.7 Å². The maximum absolute atomic E-state index is 11.1. The fraction of sp³-hybridized carbons (Fsp3) is 0.0952. The molecule has 25 heavy (non-hydrogen) atoms. The van der Waals surface area contributed by atoms with Crippen LogP contribution in [0.1, 0.15) is 18.2 Å². The highest BCUT2D eigenvalue weighted by Crippen LogP contribution is 2.48. The lowest BCUT2D eigenvalue weighted by Gasteiger charge is -2.21. The molecule has 3 aromatic rings. The molecule has 0 saturated heterocycles. The number of pyridine rings is 1. The zero-order valence-corrected chi connectivity index (χ0v) is 14.9. The number of benzene rings is 2. The topological polar surface area (TPSA) is 42.3 Å². The van der Waals surface area contributed by atoms with Crippen molar-refractivity contribution in [1.29, 1.82) is 0 Å². The summed E-state index contributed by atoms with van der Waals surface area (Å²) in [4.78, 5) is 15.7. The van der Waals surface area contributed by atoms with Crippen molar-refractivity contribution in [2.75, 3.05) is 0 Å². The lowest BCUT2D eigenvalue weighted by atomic mass is 10.2. The first-order chi connectivity index (χ1) is 12.3. The van der Waals surface area contributed by atoms with Crippen molar-refractivity contribution < 1.29 is 0 Å². The van der Waals surface area contributed by atoms with Crippen molar-refractivity contribution in [1.82, 2.24) is 4.98 Å². The third kappa shape index (κ3) is 4.07. The summed E-state index contributed by atoms with van der Waals surface area (Å²) in [6, 6.07) is 24.5. The average Bonchev–Trinajstić information content (AvgIpc) is 2.69. The van der Waals surface area contributed by atoms with Crippen LogP contribution in [0.5, 0.6) is 0 Å². The number of aryl methyl sites for hydroxylation is 1. The van der Waals surface area contributed by atoms with Crippen LogP contribution in [0.3, 0.4) is 0 Å². The van der Waals surface area contributed by atoms with Gasteiger partial charge in [0.1, 0.15) is 0 Å². The lowest BCUT2D eigenvalue weighted by molar-refractivity contribution is 1.10. The van der Waals surface area contributed by atoms with Gasteiger partial charge in [0.15, 0.2) is 0 Å². The molecular formula is C21H19N2OP. The Kier molecular flexibility index (Phi) is 5.81. The average molecular weight is 346 g/mol. The molecule has 1 heterocycles. The van der Waals surface area contributed by atoms with Gasteiger partial charge in [-0.25, -0.2) is 0 Å². The predicted molar refractivity (Wildman–Crippen MR) is 106 cm³/mol. The minimum Gasteiger partial charge on any atom is -0.256 e. The van der Waals surface area contributed by atoms with Gasteiger partial charge in [-0.15, -0.1) is 4.91 Å². The SMILES string of the molecule is CCc1ccc(/C(=C\N=O)P(c2ccccc2)c2ccccc2)nc1. The normalized spacial score (nSPS) is 11.5. The van der Waals surface area contributed by atoms with Crippen molar-refractivity contribution >= 4 is 23.8 Å². The molecule has 0 radical (unpaired) electrons. The monoisotopic (exact) mass is 346 g/mol. The molecule has 4 heteroatoms. The van der Waals surface area contributed by atoms with Crippen LogP contribution in [0.15, 0.2) is 90.4 Å².